The van der Waals surface area contributed by atoms with Crippen LogP contribution in [0.3, 0.4) is 0 Å². The lowest BCUT2D eigenvalue weighted by Gasteiger charge is -2.23. The Morgan fingerprint density at radius 3 is 2.81 bits per heavy atom. The molecule has 7 heteroatoms. The lowest BCUT2D eigenvalue weighted by molar-refractivity contribution is -0.133. The number of ether oxygens (including phenoxy) is 2. The van der Waals surface area contributed by atoms with Gasteiger partial charge in [0.15, 0.2) is 0 Å². The third kappa shape index (κ3) is 4.09. The third-order valence-electron chi connectivity index (χ3n) is 3.23. The molecule has 1 heterocycles. The van der Waals surface area contributed by atoms with Crippen molar-refractivity contribution in [2.45, 2.75) is 12.6 Å². The number of methoxy groups -OCH3 is 1. The van der Waals surface area contributed by atoms with Gasteiger partial charge in [-0.05, 0) is 17.7 Å². The second-order valence-corrected chi connectivity index (χ2v) is 4.68. The molecule has 7 nitrogen and oxygen atoms in total. The molecule has 1 aromatic carbocycles. The van der Waals surface area contributed by atoms with Crippen molar-refractivity contribution in [3.8, 4) is 5.75 Å². The zero-order valence-electron chi connectivity index (χ0n) is 11.7. The average Bonchev–Trinajstić information content (AvgIpc) is 2.63. The molecular formula is C14H18N2O5. The summed E-state index contributed by atoms with van der Waals surface area (Å²) in [5.41, 5.74) is 0.945. The van der Waals surface area contributed by atoms with E-state index in [2.05, 4.69) is 5.32 Å². The number of rotatable bonds is 4. The van der Waals surface area contributed by atoms with Crippen molar-refractivity contribution >= 4 is 12.0 Å². The van der Waals surface area contributed by atoms with Gasteiger partial charge in [0.05, 0.1) is 20.3 Å². The Kier molecular flexibility index (Phi) is 4.99. The van der Waals surface area contributed by atoms with E-state index in [-0.39, 0.29) is 12.5 Å². The standard InChI is InChI=1S/C14H18N2O5/c1-20-11-4-2-10(3-5-11)8-16-6-7-21-9-12(13(16)17)15-14(18)19/h2-5,12,15H,6-9H2,1H3,(H,18,19)/t12-/m1/s1. The molecule has 1 aliphatic heterocycles. The smallest absolute Gasteiger partial charge is 0.405 e. The molecule has 1 aliphatic rings. The first-order valence-corrected chi connectivity index (χ1v) is 6.59. The van der Waals surface area contributed by atoms with Gasteiger partial charge in [-0.1, -0.05) is 12.1 Å². The van der Waals surface area contributed by atoms with E-state index in [1.165, 1.54) is 0 Å². The summed E-state index contributed by atoms with van der Waals surface area (Å²) in [5, 5.41) is 10.9. The van der Waals surface area contributed by atoms with Crippen LogP contribution >= 0.6 is 0 Å². The van der Waals surface area contributed by atoms with Gasteiger partial charge in [-0.3, -0.25) is 4.79 Å². The number of carboxylic acid groups (broad SMARTS) is 1. The maximum Gasteiger partial charge on any atom is 0.405 e. The van der Waals surface area contributed by atoms with E-state index in [1.807, 2.05) is 24.3 Å². The van der Waals surface area contributed by atoms with E-state index in [0.717, 1.165) is 11.3 Å². The molecule has 1 fully saturated rings. The molecule has 2 N–H and O–H groups in total. The molecule has 1 aromatic rings. The minimum absolute atomic E-state index is 0.0598. The van der Waals surface area contributed by atoms with E-state index in [9.17, 15) is 9.59 Å². The highest BCUT2D eigenvalue weighted by molar-refractivity contribution is 5.85. The number of carbonyl (C=O) groups excluding carboxylic acids is 1. The van der Waals surface area contributed by atoms with Crippen molar-refractivity contribution in [3.63, 3.8) is 0 Å². The van der Waals surface area contributed by atoms with Crippen LogP contribution < -0.4 is 10.1 Å². The molecule has 1 saturated heterocycles. The molecule has 0 unspecified atom stereocenters. The highest BCUT2D eigenvalue weighted by Gasteiger charge is 2.28. The first-order valence-electron chi connectivity index (χ1n) is 6.59. The van der Waals surface area contributed by atoms with Crippen molar-refractivity contribution in [1.82, 2.24) is 10.2 Å². The average molecular weight is 294 g/mol. The molecule has 2 amide bonds. The van der Waals surface area contributed by atoms with Crippen LogP contribution in [0.25, 0.3) is 0 Å². The van der Waals surface area contributed by atoms with Crippen LogP contribution in [0.4, 0.5) is 4.79 Å². The van der Waals surface area contributed by atoms with E-state index in [1.54, 1.807) is 12.0 Å². The number of amides is 2. The summed E-state index contributed by atoms with van der Waals surface area (Å²) in [4.78, 5) is 24.6. The third-order valence-corrected chi connectivity index (χ3v) is 3.23. The summed E-state index contributed by atoms with van der Waals surface area (Å²) in [5.74, 6) is 0.473. The van der Waals surface area contributed by atoms with Gasteiger partial charge in [0.25, 0.3) is 0 Å². The van der Waals surface area contributed by atoms with Crippen molar-refractivity contribution in [2.75, 3.05) is 26.9 Å². The highest BCUT2D eigenvalue weighted by Crippen LogP contribution is 2.14. The normalized spacial score (nSPS) is 19.0. The fraction of sp³-hybridized carbons (Fsp3) is 0.429. The zero-order valence-corrected chi connectivity index (χ0v) is 11.7. The van der Waals surface area contributed by atoms with Crippen LogP contribution in [-0.2, 0) is 16.1 Å². The van der Waals surface area contributed by atoms with E-state index in [0.29, 0.717) is 19.7 Å². The first kappa shape index (κ1) is 15.1. The SMILES string of the molecule is COc1ccc(CN2CCOC[C@@H](NC(=O)O)C2=O)cc1. The molecule has 1 atom stereocenters. The minimum Gasteiger partial charge on any atom is -0.497 e. The summed E-state index contributed by atoms with van der Waals surface area (Å²) in [6, 6.07) is 6.53. The van der Waals surface area contributed by atoms with Crippen molar-refractivity contribution in [2.24, 2.45) is 0 Å². The summed E-state index contributed by atoms with van der Waals surface area (Å²) in [6.07, 6.45) is -1.23. The Balaban J connectivity index is 2.05. The second-order valence-electron chi connectivity index (χ2n) is 4.68. The number of nitrogens with zero attached hydrogens (tertiary/aromatic N) is 1. The summed E-state index contributed by atoms with van der Waals surface area (Å²) in [7, 11) is 1.59. The molecule has 0 radical (unpaired) electrons. The second kappa shape index (κ2) is 6.94. The van der Waals surface area contributed by atoms with Gasteiger partial charge in [-0.2, -0.15) is 0 Å². The molecule has 0 aliphatic carbocycles. The Hall–Kier alpha value is -2.28. The number of carbonyl (C=O) groups is 2. The number of hydrogen-bond acceptors (Lipinski definition) is 4. The molecule has 2 rings (SSSR count). The largest absolute Gasteiger partial charge is 0.497 e. The van der Waals surface area contributed by atoms with E-state index < -0.39 is 12.1 Å². The molecule has 0 spiro atoms. The van der Waals surface area contributed by atoms with Gasteiger partial charge in [0, 0.05) is 13.1 Å². The molecule has 114 valence electrons. The predicted octanol–water partition coefficient (Wildman–Crippen LogP) is 0.690. The lowest BCUT2D eigenvalue weighted by Crippen LogP contribution is -2.48. The highest BCUT2D eigenvalue weighted by atomic mass is 16.5. The Morgan fingerprint density at radius 1 is 1.48 bits per heavy atom. The molecule has 0 bridgehead atoms. The maximum atomic E-state index is 12.3. The molecular weight excluding hydrogens is 276 g/mol. The zero-order chi connectivity index (χ0) is 15.2. The monoisotopic (exact) mass is 294 g/mol. The topological polar surface area (TPSA) is 88.1 Å². The summed E-state index contributed by atoms with van der Waals surface area (Å²) >= 11 is 0. The Morgan fingerprint density at radius 2 is 2.19 bits per heavy atom. The Labute approximate surface area is 122 Å². The van der Waals surface area contributed by atoms with Crippen LogP contribution in [0.1, 0.15) is 5.56 Å². The quantitative estimate of drug-likeness (QED) is 0.853. The van der Waals surface area contributed by atoms with E-state index in [4.69, 9.17) is 14.6 Å². The van der Waals surface area contributed by atoms with Gasteiger partial charge < -0.3 is 24.8 Å². The van der Waals surface area contributed by atoms with Crippen LogP contribution in [0.15, 0.2) is 24.3 Å². The van der Waals surface area contributed by atoms with Gasteiger partial charge in [-0.15, -0.1) is 0 Å². The lowest BCUT2D eigenvalue weighted by atomic mass is 10.2. The van der Waals surface area contributed by atoms with Crippen LogP contribution in [-0.4, -0.2) is 54.9 Å². The molecule has 21 heavy (non-hydrogen) atoms. The maximum absolute atomic E-state index is 12.3. The van der Waals surface area contributed by atoms with Crippen molar-refractivity contribution < 1.29 is 24.2 Å². The summed E-state index contributed by atoms with van der Waals surface area (Å²) in [6.45, 7) is 1.29. The van der Waals surface area contributed by atoms with Crippen molar-refractivity contribution in [1.29, 1.82) is 0 Å². The van der Waals surface area contributed by atoms with Crippen molar-refractivity contribution in [3.05, 3.63) is 29.8 Å². The fourth-order valence-corrected chi connectivity index (χ4v) is 2.14. The number of nitrogens with one attached hydrogen (secondary N) is 1. The van der Waals surface area contributed by atoms with Crippen LogP contribution in [0.2, 0.25) is 0 Å². The number of hydrogen-bond donors (Lipinski definition) is 2. The van der Waals surface area contributed by atoms with E-state index >= 15 is 0 Å². The first-order chi connectivity index (χ1) is 10.1. The van der Waals surface area contributed by atoms with Gasteiger partial charge in [0.2, 0.25) is 5.91 Å². The molecule has 0 saturated carbocycles. The minimum atomic E-state index is -1.23. The fourth-order valence-electron chi connectivity index (χ4n) is 2.14. The van der Waals surface area contributed by atoms with Gasteiger partial charge in [0.1, 0.15) is 11.8 Å². The number of benzene rings is 1. The van der Waals surface area contributed by atoms with Crippen LogP contribution in [0, 0.1) is 0 Å². The molecule has 0 aromatic heterocycles. The predicted molar refractivity (Wildman–Crippen MR) is 74.2 cm³/mol. The van der Waals surface area contributed by atoms with Gasteiger partial charge >= 0.3 is 6.09 Å². The summed E-state index contributed by atoms with van der Waals surface area (Å²) < 4.78 is 10.4. The Bertz CT molecular complexity index is 503. The van der Waals surface area contributed by atoms with Crippen LogP contribution in [0.5, 0.6) is 5.75 Å². The van der Waals surface area contributed by atoms with Gasteiger partial charge in [-0.25, -0.2) is 4.79 Å².